The van der Waals surface area contributed by atoms with Crippen molar-refractivity contribution in [1.82, 2.24) is 5.32 Å². The van der Waals surface area contributed by atoms with Crippen LogP contribution in [-0.2, 0) is 9.53 Å². The molecule has 0 spiro atoms. The smallest absolute Gasteiger partial charge is 0.342 e. The van der Waals surface area contributed by atoms with Crippen molar-refractivity contribution in [2.45, 2.75) is 50.7 Å². The Morgan fingerprint density at radius 1 is 1.19 bits per heavy atom. The van der Waals surface area contributed by atoms with Crippen LogP contribution in [0.2, 0.25) is 0 Å². The van der Waals surface area contributed by atoms with Crippen molar-refractivity contribution in [1.29, 1.82) is 5.26 Å². The van der Waals surface area contributed by atoms with Crippen molar-refractivity contribution in [2.24, 2.45) is 0 Å². The van der Waals surface area contributed by atoms with E-state index >= 15 is 0 Å². The molecule has 1 fully saturated rings. The van der Waals surface area contributed by atoms with Crippen LogP contribution < -0.4 is 14.8 Å². The molecule has 1 aliphatic carbocycles. The summed E-state index contributed by atoms with van der Waals surface area (Å²) in [7, 11) is 2.89. The summed E-state index contributed by atoms with van der Waals surface area (Å²) < 4.78 is 15.7. The lowest BCUT2D eigenvalue weighted by Gasteiger charge is -2.32. The summed E-state index contributed by atoms with van der Waals surface area (Å²) in [6, 6.07) is 7.04. The van der Waals surface area contributed by atoms with E-state index in [0.717, 1.165) is 19.3 Å². The zero-order valence-corrected chi connectivity index (χ0v) is 15.3. The first-order valence-electron chi connectivity index (χ1n) is 8.61. The molecule has 1 amide bonds. The first kappa shape index (κ1) is 19.6. The summed E-state index contributed by atoms with van der Waals surface area (Å²) in [6.07, 6.45) is 3.02. The number of benzene rings is 1. The third kappa shape index (κ3) is 4.26. The van der Waals surface area contributed by atoms with Gasteiger partial charge >= 0.3 is 5.97 Å². The lowest BCUT2D eigenvalue weighted by molar-refractivity contribution is -0.130. The van der Waals surface area contributed by atoms with Crippen LogP contribution in [0.4, 0.5) is 0 Å². The molecule has 0 aliphatic heterocycles. The van der Waals surface area contributed by atoms with Crippen LogP contribution in [0.15, 0.2) is 18.2 Å². The van der Waals surface area contributed by atoms with Crippen LogP contribution >= 0.6 is 0 Å². The monoisotopic (exact) mass is 360 g/mol. The second kappa shape index (κ2) is 8.56. The van der Waals surface area contributed by atoms with Crippen LogP contribution in [0.1, 0.15) is 49.4 Å². The van der Waals surface area contributed by atoms with Crippen molar-refractivity contribution in [2.75, 3.05) is 14.2 Å². The minimum absolute atomic E-state index is 0.166. The highest BCUT2D eigenvalue weighted by Gasteiger charge is 2.35. The van der Waals surface area contributed by atoms with Gasteiger partial charge in [-0.1, -0.05) is 25.3 Å². The number of nitriles is 1. The Kier molecular flexibility index (Phi) is 6.45. The van der Waals surface area contributed by atoms with Crippen LogP contribution in [-0.4, -0.2) is 37.7 Å². The molecule has 0 unspecified atom stereocenters. The topological polar surface area (TPSA) is 97.6 Å². The van der Waals surface area contributed by atoms with Gasteiger partial charge in [-0.15, -0.1) is 0 Å². The maximum absolute atomic E-state index is 12.4. The fraction of sp³-hybridized carbons (Fsp3) is 0.526. The van der Waals surface area contributed by atoms with E-state index in [2.05, 4.69) is 11.4 Å². The van der Waals surface area contributed by atoms with E-state index in [-0.39, 0.29) is 11.3 Å². The third-order valence-corrected chi connectivity index (χ3v) is 4.56. The lowest BCUT2D eigenvalue weighted by atomic mass is 9.83. The standard InChI is InChI=1S/C19H24N2O5/c1-13(17(22)21-19(12-20)10-5-4-6-11-19)26-18(23)14-8-7-9-15(24-2)16(14)25-3/h7-9,13H,4-6,10-11H2,1-3H3,(H,21,22)/t13-/m0/s1. The number of para-hydroxylation sites is 1. The highest BCUT2D eigenvalue weighted by molar-refractivity contribution is 5.95. The van der Waals surface area contributed by atoms with Gasteiger partial charge in [0, 0.05) is 0 Å². The predicted molar refractivity (Wildman–Crippen MR) is 94.0 cm³/mol. The number of ether oxygens (including phenoxy) is 3. The van der Waals surface area contributed by atoms with E-state index in [9.17, 15) is 14.9 Å². The molecule has 1 N–H and O–H groups in total. The maximum atomic E-state index is 12.4. The Morgan fingerprint density at radius 3 is 2.46 bits per heavy atom. The molecule has 26 heavy (non-hydrogen) atoms. The van der Waals surface area contributed by atoms with Gasteiger partial charge in [0.1, 0.15) is 11.1 Å². The average Bonchev–Trinajstić information content (AvgIpc) is 2.67. The molecule has 7 heteroatoms. The van der Waals surface area contributed by atoms with Crippen molar-refractivity contribution in [3.8, 4) is 17.6 Å². The maximum Gasteiger partial charge on any atom is 0.342 e. The first-order valence-corrected chi connectivity index (χ1v) is 8.61. The van der Waals surface area contributed by atoms with Crippen LogP contribution in [0.3, 0.4) is 0 Å². The highest BCUT2D eigenvalue weighted by Crippen LogP contribution is 2.31. The predicted octanol–water partition coefficient (Wildman–Crippen LogP) is 2.59. The molecule has 1 atom stereocenters. The van der Waals surface area contributed by atoms with Gasteiger partial charge in [-0.05, 0) is 31.9 Å². The second-order valence-corrected chi connectivity index (χ2v) is 6.33. The Morgan fingerprint density at radius 2 is 1.88 bits per heavy atom. The van der Waals surface area contributed by atoms with Crippen LogP contribution in [0.25, 0.3) is 0 Å². The number of carbonyl (C=O) groups excluding carboxylic acids is 2. The average molecular weight is 360 g/mol. The first-order chi connectivity index (χ1) is 12.5. The molecular formula is C19H24N2O5. The van der Waals surface area contributed by atoms with Gasteiger partial charge in [0.25, 0.3) is 5.91 Å². The zero-order valence-electron chi connectivity index (χ0n) is 15.3. The van der Waals surface area contributed by atoms with Crippen molar-refractivity contribution < 1.29 is 23.8 Å². The van der Waals surface area contributed by atoms with Crippen LogP contribution in [0.5, 0.6) is 11.5 Å². The van der Waals surface area contributed by atoms with Gasteiger partial charge in [-0.2, -0.15) is 5.26 Å². The number of esters is 1. The molecule has 140 valence electrons. The summed E-state index contributed by atoms with van der Waals surface area (Å²) in [6.45, 7) is 1.48. The summed E-state index contributed by atoms with van der Waals surface area (Å²) in [5.74, 6) is -0.542. The molecule has 7 nitrogen and oxygen atoms in total. The summed E-state index contributed by atoms with van der Waals surface area (Å²) in [5, 5.41) is 12.2. The molecule has 1 aliphatic rings. The Balaban J connectivity index is 2.07. The number of amides is 1. The fourth-order valence-electron chi connectivity index (χ4n) is 3.08. The molecule has 1 saturated carbocycles. The third-order valence-electron chi connectivity index (χ3n) is 4.56. The minimum Gasteiger partial charge on any atom is -0.493 e. The van der Waals surface area contributed by atoms with Gasteiger partial charge in [-0.3, -0.25) is 4.79 Å². The largest absolute Gasteiger partial charge is 0.493 e. The zero-order chi connectivity index (χ0) is 19.2. The van der Waals surface area contributed by atoms with Gasteiger partial charge in [0.05, 0.1) is 20.3 Å². The number of nitrogens with one attached hydrogen (secondary N) is 1. The van der Waals surface area contributed by atoms with Gasteiger partial charge < -0.3 is 19.5 Å². The van der Waals surface area contributed by atoms with E-state index in [0.29, 0.717) is 18.6 Å². The van der Waals surface area contributed by atoms with Gasteiger partial charge in [-0.25, -0.2) is 4.79 Å². The molecule has 2 rings (SSSR count). The van der Waals surface area contributed by atoms with Crippen molar-refractivity contribution in [3.63, 3.8) is 0 Å². The molecule has 0 aromatic heterocycles. The Labute approximate surface area is 153 Å². The Hall–Kier alpha value is -2.75. The summed E-state index contributed by atoms with van der Waals surface area (Å²) in [4.78, 5) is 24.9. The number of rotatable bonds is 6. The number of hydrogen-bond donors (Lipinski definition) is 1. The SMILES string of the molecule is COc1cccc(C(=O)O[C@@H](C)C(=O)NC2(C#N)CCCCC2)c1OC. The van der Waals surface area contributed by atoms with E-state index in [1.54, 1.807) is 12.1 Å². The summed E-state index contributed by atoms with van der Waals surface area (Å²) in [5.41, 5.74) is -0.705. The summed E-state index contributed by atoms with van der Waals surface area (Å²) >= 11 is 0. The molecule has 1 aromatic rings. The number of carbonyl (C=O) groups is 2. The van der Waals surface area contributed by atoms with Crippen molar-refractivity contribution >= 4 is 11.9 Å². The fourth-order valence-corrected chi connectivity index (χ4v) is 3.08. The van der Waals surface area contributed by atoms with Gasteiger partial charge in [0.2, 0.25) is 0 Å². The normalized spacial score (nSPS) is 16.7. The number of nitrogens with zero attached hydrogens (tertiary/aromatic N) is 1. The van der Waals surface area contributed by atoms with E-state index in [1.165, 1.54) is 27.2 Å². The minimum atomic E-state index is -1.04. The number of methoxy groups -OCH3 is 2. The van der Waals surface area contributed by atoms with Gasteiger partial charge in [0.15, 0.2) is 17.6 Å². The number of hydrogen-bond acceptors (Lipinski definition) is 6. The van der Waals surface area contributed by atoms with E-state index in [1.807, 2.05) is 0 Å². The molecule has 1 aromatic carbocycles. The lowest BCUT2D eigenvalue weighted by Crippen LogP contribution is -2.52. The molecular weight excluding hydrogens is 336 g/mol. The molecule has 0 heterocycles. The molecule has 0 radical (unpaired) electrons. The molecule has 0 bridgehead atoms. The van der Waals surface area contributed by atoms with E-state index < -0.39 is 23.5 Å². The second-order valence-electron chi connectivity index (χ2n) is 6.33. The van der Waals surface area contributed by atoms with E-state index in [4.69, 9.17) is 14.2 Å². The van der Waals surface area contributed by atoms with Crippen molar-refractivity contribution in [3.05, 3.63) is 23.8 Å². The van der Waals surface area contributed by atoms with Crippen LogP contribution in [0, 0.1) is 11.3 Å². The molecule has 0 saturated heterocycles. The highest BCUT2D eigenvalue weighted by atomic mass is 16.6. The quantitative estimate of drug-likeness (QED) is 0.783. The Bertz CT molecular complexity index is 704.